The SMILES string of the molecule is COc1cccc(S(=O)(=O)N2CC3(Cc4ccccc4NC3=O)C2)c1. The Kier molecular flexibility index (Phi) is 3.59. The number of fused-ring (bicyclic) bond motifs is 1. The smallest absolute Gasteiger partial charge is 0.243 e. The summed E-state index contributed by atoms with van der Waals surface area (Å²) in [5.41, 5.74) is 1.17. The molecular formula is C18H18N2O4S. The van der Waals surface area contributed by atoms with Gasteiger partial charge in [-0.2, -0.15) is 4.31 Å². The van der Waals surface area contributed by atoms with Crippen LogP contribution in [0.15, 0.2) is 53.4 Å². The van der Waals surface area contributed by atoms with E-state index in [9.17, 15) is 13.2 Å². The van der Waals surface area contributed by atoms with Crippen molar-refractivity contribution in [3.63, 3.8) is 0 Å². The second-order valence-corrected chi connectivity index (χ2v) is 8.46. The number of carbonyl (C=O) groups excluding carboxylic acids is 1. The lowest BCUT2D eigenvalue weighted by Crippen LogP contribution is -2.65. The zero-order valence-corrected chi connectivity index (χ0v) is 14.5. The van der Waals surface area contributed by atoms with E-state index in [4.69, 9.17) is 4.74 Å². The Hall–Kier alpha value is -2.38. The molecule has 6 nitrogen and oxygen atoms in total. The summed E-state index contributed by atoms with van der Waals surface area (Å²) in [6.07, 6.45) is 0.555. The highest BCUT2D eigenvalue weighted by Crippen LogP contribution is 2.43. The molecule has 4 rings (SSSR count). The molecule has 25 heavy (non-hydrogen) atoms. The minimum atomic E-state index is -3.64. The van der Waals surface area contributed by atoms with Crippen LogP contribution >= 0.6 is 0 Å². The quantitative estimate of drug-likeness (QED) is 0.909. The number of anilines is 1. The minimum Gasteiger partial charge on any atom is -0.497 e. The Morgan fingerprint density at radius 2 is 1.88 bits per heavy atom. The summed E-state index contributed by atoms with van der Waals surface area (Å²) in [5, 5.41) is 2.90. The zero-order chi connectivity index (χ0) is 17.7. The molecule has 1 fully saturated rings. The van der Waals surface area contributed by atoms with Gasteiger partial charge in [0.15, 0.2) is 0 Å². The number of rotatable bonds is 3. The van der Waals surface area contributed by atoms with E-state index in [1.165, 1.54) is 17.5 Å². The molecule has 0 atom stereocenters. The molecule has 2 aromatic rings. The van der Waals surface area contributed by atoms with E-state index in [1.54, 1.807) is 18.2 Å². The monoisotopic (exact) mass is 358 g/mol. The second kappa shape index (κ2) is 5.57. The van der Waals surface area contributed by atoms with E-state index in [0.717, 1.165) is 11.3 Å². The lowest BCUT2D eigenvalue weighted by atomic mass is 9.73. The first kappa shape index (κ1) is 16.1. The molecule has 130 valence electrons. The highest BCUT2D eigenvalue weighted by atomic mass is 32.2. The van der Waals surface area contributed by atoms with Crippen molar-refractivity contribution in [2.45, 2.75) is 11.3 Å². The molecule has 2 aliphatic heterocycles. The first-order chi connectivity index (χ1) is 11.9. The summed E-state index contributed by atoms with van der Waals surface area (Å²) in [6.45, 7) is 0.374. The van der Waals surface area contributed by atoms with Crippen molar-refractivity contribution in [3.05, 3.63) is 54.1 Å². The van der Waals surface area contributed by atoms with Gasteiger partial charge in [0.1, 0.15) is 5.75 Å². The van der Waals surface area contributed by atoms with Gasteiger partial charge < -0.3 is 10.1 Å². The number of hydrogen-bond donors (Lipinski definition) is 1. The fraction of sp³-hybridized carbons (Fsp3) is 0.278. The molecule has 2 heterocycles. The van der Waals surface area contributed by atoms with Crippen molar-refractivity contribution in [3.8, 4) is 5.75 Å². The molecule has 1 amide bonds. The number of benzene rings is 2. The number of ether oxygens (including phenoxy) is 1. The molecule has 2 aliphatic rings. The van der Waals surface area contributed by atoms with E-state index in [1.807, 2.05) is 24.3 Å². The van der Waals surface area contributed by atoms with Gasteiger partial charge in [-0.1, -0.05) is 24.3 Å². The van der Waals surface area contributed by atoms with Crippen molar-refractivity contribution in [2.75, 3.05) is 25.5 Å². The van der Waals surface area contributed by atoms with Crippen LogP contribution < -0.4 is 10.1 Å². The average molecular weight is 358 g/mol. The average Bonchev–Trinajstić information content (AvgIpc) is 2.59. The van der Waals surface area contributed by atoms with E-state index in [2.05, 4.69) is 5.32 Å². The third-order valence-electron chi connectivity index (χ3n) is 4.91. The maximum Gasteiger partial charge on any atom is 0.243 e. The van der Waals surface area contributed by atoms with Crippen LogP contribution in [0.1, 0.15) is 5.56 Å². The van der Waals surface area contributed by atoms with Crippen LogP contribution in [0.4, 0.5) is 5.69 Å². The minimum absolute atomic E-state index is 0.108. The van der Waals surface area contributed by atoms with Crippen LogP contribution in [0.25, 0.3) is 0 Å². The van der Waals surface area contributed by atoms with Crippen LogP contribution in [0.2, 0.25) is 0 Å². The summed E-state index contributed by atoms with van der Waals surface area (Å²) in [5.74, 6) is 0.379. The van der Waals surface area contributed by atoms with Crippen molar-refractivity contribution in [1.29, 1.82) is 0 Å². The largest absolute Gasteiger partial charge is 0.497 e. The number of nitrogens with zero attached hydrogens (tertiary/aromatic N) is 1. The molecule has 1 N–H and O–H groups in total. The number of carbonyl (C=O) groups is 1. The Bertz CT molecular complexity index is 949. The van der Waals surface area contributed by atoms with Crippen LogP contribution in [0.5, 0.6) is 5.75 Å². The number of para-hydroxylation sites is 1. The summed E-state index contributed by atoms with van der Waals surface area (Å²) in [6, 6.07) is 14.0. The summed E-state index contributed by atoms with van der Waals surface area (Å²) in [4.78, 5) is 12.7. The van der Waals surface area contributed by atoms with E-state index in [-0.39, 0.29) is 23.9 Å². The third kappa shape index (κ3) is 2.51. The molecule has 7 heteroatoms. The molecular weight excluding hydrogens is 340 g/mol. The maximum atomic E-state index is 12.8. The molecule has 1 saturated heterocycles. The van der Waals surface area contributed by atoms with Crippen molar-refractivity contribution < 1.29 is 17.9 Å². The van der Waals surface area contributed by atoms with Crippen molar-refractivity contribution >= 4 is 21.6 Å². The fourth-order valence-corrected chi connectivity index (χ4v) is 5.11. The lowest BCUT2D eigenvalue weighted by molar-refractivity contribution is -0.132. The number of nitrogens with one attached hydrogen (secondary N) is 1. The highest BCUT2D eigenvalue weighted by molar-refractivity contribution is 7.89. The molecule has 0 aliphatic carbocycles. The standard InChI is InChI=1S/C18H18N2O4S/c1-24-14-6-4-7-15(9-14)25(22,23)20-11-18(12-20)10-13-5-2-3-8-16(13)19-17(18)21/h2-9H,10-12H2,1H3,(H,19,21). The number of hydrogen-bond acceptors (Lipinski definition) is 4. The van der Waals surface area contributed by atoms with Crippen molar-refractivity contribution in [2.24, 2.45) is 5.41 Å². The van der Waals surface area contributed by atoms with Gasteiger partial charge in [0.2, 0.25) is 15.9 Å². The van der Waals surface area contributed by atoms with E-state index < -0.39 is 15.4 Å². The third-order valence-corrected chi connectivity index (χ3v) is 6.70. The summed E-state index contributed by atoms with van der Waals surface area (Å²) >= 11 is 0. The molecule has 2 aromatic carbocycles. The molecule has 0 saturated carbocycles. The number of methoxy groups -OCH3 is 1. The van der Waals surface area contributed by atoms with Gasteiger partial charge in [0.25, 0.3) is 0 Å². The molecule has 0 radical (unpaired) electrons. The van der Waals surface area contributed by atoms with Crippen molar-refractivity contribution in [1.82, 2.24) is 4.31 Å². The van der Waals surface area contributed by atoms with E-state index >= 15 is 0 Å². The van der Waals surface area contributed by atoms with Crippen LogP contribution in [-0.4, -0.2) is 38.8 Å². The van der Waals surface area contributed by atoms with Gasteiger partial charge >= 0.3 is 0 Å². The molecule has 1 spiro atoms. The normalized spacial score (nSPS) is 19.0. The maximum absolute atomic E-state index is 12.8. The number of sulfonamides is 1. The van der Waals surface area contributed by atoms with Crippen LogP contribution in [0.3, 0.4) is 0 Å². The first-order valence-electron chi connectivity index (χ1n) is 7.98. The first-order valence-corrected chi connectivity index (χ1v) is 9.42. The van der Waals surface area contributed by atoms with Gasteiger partial charge in [-0.3, -0.25) is 4.79 Å². The molecule has 0 aromatic heterocycles. The van der Waals surface area contributed by atoms with Crippen LogP contribution in [0, 0.1) is 5.41 Å². The number of amides is 1. The van der Waals surface area contributed by atoms with E-state index in [0.29, 0.717) is 12.2 Å². The molecule has 0 bridgehead atoms. The Morgan fingerprint density at radius 1 is 1.12 bits per heavy atom. The Balaban J connectivity index is 1.58. The predicted molar refractivity (Wildman–Crippen MR) is 93.0 cm³/mol. The summed E-state index contributed by atoms with van der Waals surface area (Å²) < 4.78 is 32.1. The lowest BCUT2D eigenvalue weighted by Gasteiger charge is -2.49. The molecule has 0 unspecified atom stereocenters. The summed E-state index contributed by atoms with van der Waals surface area (Å²) in [7, 11) is -2.14. The Labute approximate surface area is 146 Å². The predicted octanol–water partition coefficient (Wildman–Crippen LogP) is 1.88. The highest BCUT2D eigenvalue weighted by Gasteiger charge is 2.55. The van der Waals surface area contributed by atoms with Gasteiger partial charge in [0.05, 0.1) is 17.4 Å². The van der Waals surface area contributed by atoms with Crippen LogP contribution in [-0.2, 0) is 21.2 Å². The van der Waals surface area contributed by atoms with Gasteiger partial charge in [-0.25, -0.2) is 8.42 Å². The van der Waals surface area contributed by atoms with Gasteiger partial charge in [-0.15, -0.1) is 0 Å². The fourth-order valence-electron chi connectivity index (χ4n) is 3.46. The zero-order valence-electron chi connectivity index (χ0n) is 13.7. The second-order valence-electron chi connectivity index (χ2n) is 6.52. The van der Waals surface area contributed by atoms with Gasteiger partial charge in [0, 0.05) is 24.8 Å². The van der Waals surface area contributed by atoms with Gasteiger partial charge in [-0.05, 0) is 30.2 Å². The Morgan fingerprint density at radius 3 is 2.64 bits per heavy atom. The topological polar surface area (TPSA) is 75.7 Å².